The van der Waals surface area contributed by atoms with Crippen molar-refractivity contribution in [2.75, 3.05) is 4.90 Å². The molecule has 0 saturated carbocycles. The summed E-state index contributed by atoms with van der Waals surface area (Å²) in [6.07, 6.45) is 26.1. The van der Waals surface area contributed by atoms with Crippen molar-refractivity contribution in [3.05, 3.63) is 72.8 Å². The second-order valence-corrected chi connectivity index (χ2v) is 58.8. The van der Waals surface area contributed by atoms with Crippen LogP contribution in [0.5, 0.6) is 0 Å². The van der Waals surface area contributed by atoms with Gasteiger partial charge in [0.1, 0.15) is 0 Å². The second kappa shape index (κ2) is 30.1. The molecule has 332 valence electrons. The Morgan fingerprint density at radius 1 is 0.254 bits per heavy atom. The van der Waals surface area contributed by atoms with Crippen LogP contribution in [0.2, 0.25) is 39.9 Å². The van der Waals surface area contributed by atoms with Crippen LogP contribution in [-0.2, 0) is 0 Å². The molecule has 59 heavy (non-hydrogen) atoms. The molecule has 0 unspecified atom stereocenters. The van der Waals surface area contributed by atoms with Crippen LogP contribution in [0.15, 0.2) is 72.8 Å². The summed E-state index contributed by atoms with van der Waals surface area (Å²) in [4.78, 5) is 2.65. The molecule has 0 heterocycles. The van der Waals surface area contributed by atoms with Gasteiger partial charge in [0.15, 0.2) is 0 Å². The van der Waals surface area contributed by atoms with E-state index in [0.717, 1.165) is 0 Å². The Labute approximate surface area is 381 Å². The zero-order chi connectivity index (χ0) is 42.8. The van der Waals surface area contributed by atoms with E-state index in [1.54, 1.807) is 10.7 Å². The van der Waals surface area contributed by atoms with Crippen molar-refractivity contribution in [1.82, 2.24) is 0 Å². The van der Waals surface area contributed by atoms with Gasteiger partial charge in [-0.25, -0.2) is 0 Å². The van der Waals surface area contributed by atoms with Crippen LogP contribution in [0.3, 0.4) is 0 Å². The number of hydrogen-bond donors (Lipinski definition) is 0. The van der Waals surface area contributed by atoms with Crippen LogP contribution in [-0.4, -0.2) is 55.1 Å². The molecule has 1 nitrogen and oxygen atoms in total. The van der Waals surface area contributed by atoms with E-state index in [9.17, 15) is 0 Å². The fraction of sp³-hybridized carbons (Fsp3) is 0.673. The summed E-state index contributed by atoms with van der Waals surface area (Å²) in [5.74, 6) is 0. The maximum atomic E-state index is 2.65. The van der Waals surface area contributed by atoms with E-state index in [0.29, 0.717) is 0 Å². The molecule has 0 aliphatic heterocycles. The van der Waals surface area contributed by atoms with Gasteiger partial charge in [-0.3, -0.25) is 0 Å². The minimum absolute atomic E-state index is 1.33. The minimum atomic E-state index is -2.57. The summed E-state index contributed by atoms with van der Waals surface area (Å²) < 4.78 is 19.2. The fourth-order valence-electron chi connectivity index (χ4n) is 10.6. The first-order chi connectivity index (χ1) is 28.8. The number of hydrogen-bond acceptors (Lipinski definition) is 1. The molecule has 3 aromatic rings. The SMILES string of the molecule is CCCC[CH2][Sn]([CH2]CCC)([CH2]CCC)[c]1ccc(N(c2cc[c]([Sn]([CH2]CCC)([CH2]CCC)[CH2]CCC)cc2)c2cc[c]([Sn]([CH2]CCC)([CH2]CCC)[CH2]CCC)cc2)cc1. The van der Waals surface area contributed by atoms with Crippen LogP contribution < -0.4 is 15.6 Å². The van der Waals surface area contributed by atoms with Crippen molar-refractivity contribution in [3.63, 3.8) is 0 Å². The van der Waals surface area contributed by atoms with E-state index in [1.165, 1.54) is 179 Å². The third-order valence-electron chi connectivity index (χ3n) is 14.5. The van der Waals surface area contributed by atoms with Gasteiger partial charge in [-0.1, -0.05) is 0 Å². The molecular formula is C55H95NSn3. The van der Waals surface area contributed by atoms with Crippen LogP contribution in [0.4, 0.5) is 17.1 Å². The Morgan fingerprint density at radius 2 is 0.441 bits per heavy atom. The molecule has 3 rings (SSSR count). The zero-order valence-electron chi connectivity index (χ0n) is 40.7. The molecule has 3 aromatic carbocycles. The van der Waals surface area contributed by atoms with Gasteiger partial charge in [0.2, 0.25) is 0 Å². The number of benzene rings is 3. The summed E-state index contributed by atoms with van der Waals surface area (Å²) in [5, 5.41) is 0. The normalized spacial score (nSPS) is 12.4. The van der Waals surface area contributed by atoms with E-state index in [4.69, 9.17) is 0 Å². The Morgan fingerprint density at radius 3 is 0.627 bits per heavy atom. The van der Waals surface area contributed by atoms with Crippen molar-refractivity contribution in [3.8, 4) is 0 Å². The van der Waals surface area contributed by atoms with Crippen molar-refractivity contribution in [1.29, 1.82) is 0 Å². The first-order valence-electron chi connectivity index (χ1n) is 25.9. The molecule has 0 atom stereocenters. The summed E-state index contributed by atoms with van der Waals surface area (Å²) >= 11 is -7.65. The third-order valence-corrected chi connectivity index (χ3v) is 61.6. The first kappa shape index (κ1) is 53.2. The van der Waals surface area contributed by atoms with E-state index < -0.39 is 55.1 Å². The molecule has 0 aromatic heterocycles. The standard InChI is InChI=1S/C18H12N.C5H11.8C4H9.3Sn/c1-4-10-16(11-5-1)19(17-12-6-2-7-13-17)18-14-8-3-9-15-18;1-3-5-4-2;8*1-3-4-2;;;/h4-15H;1,3-5H2,2H3;8*1,3-4H2,2H3;;;. The summed E-state index contributed by atoms with van der Waals surface area (Å²) in [6, 6.07) is 31.2. The molecule has 4 heteroatoms. The molecule has 0 spiro atoms. The van der Waals surface area contributed by atoms with Gasteiger partial charge in [0, 0.05) is 0 Å². The molecule has 0 fully saturated rings. The second-order valence-electron chi connectivity index (χ2n) is 19.1. The van der Waals surface area contributed by atoms with E-state index >= 15 is 0 Å². The maximum absolute atomic E-state index is 2.65. The number of anilines is 3. The van der Waals surface area contributed by atoms with Crippen molar-refractivity contribution in [2.45, 2.75) is 224 Å². The monoisotopic (exact) mass is 1130 g/mol. The van der Waals surface area contributed by atoms with E-state index in [2.05, 4.69) is 140 Å². The van der Waals surface area contributed by atoms with Crippen LogP contribution in [0.1, 0.15) is 184 Å². The molecular weight excluding hydrogens is 1030 g/mol. The number of nitrogens with zero attached hydrogens (tertiary/aromatic N) is 1. The Kier molecular flexibility index (Phi) is 27.1. The van der Waals surface area contributed by atoms with Gasteiger partial charge < -0.3 is 0 Å². The average molecular weight is 1130 g/mol. The Balaban J connectivity index is 2.22. The van der Waals surface area contributed by atoms with Crippen molar-refractivity contribution >= 4 is 82.9 Å². The molecule has 0 saturated heterocycles. The Bertz CT molecular complexity index is 1350. The molecule has 0 bridgehead atoms. The molecule has 0 amide bonds. The van der Waals surface area contributed by atoms with Crippen LogP contribution >= 0.6 is 0 Å². The summed E-state index contributed by atoms with van der Waals surface area (Å²) in [7, 11) is 0. The van der Waals surface area contributed by atoms with Crippen molar-refractivity contribution in [2.24, 2.45) is 0 Å². The number of unbranched alkanes of at least 4 members (excludes halogenated alkanes) is 10. The quantitative estimate of drug-likeness (QED) is 0.0426. The van der Waals surface area contributed by atoms with Gasteiger partial charge in [-0.2, -0.15) is 0 Å². The van der Waals surface area contributed by atoms with E-state index in [-0.39, 0.29) is 0 Å². The fourth-order valence-corrected chi connectivity index (χ4v) is 58.1. The van der Waals surface area contributed by atoms with E-state index in [1.807, 2.05) is 0 Å². The van der Waals surface area contributed by atoms with Gasteiger partial charge in [-0.15, -0.1) is 0 Å². The molecule has 0 aliphatic carbocycles. The van der Waals surface area contributed by atoms with Gasteiger partial charge in [-0.05, 0) is 0 Å². The zero-order valence-corrected chi connectivity index (χ0v) is 49.2. The average Bonchev–Trinajstić information content (AvgIpc) is 3.28. The van der Waals surface area contributed by atoms with Crippen LogP contribution in [0, 0.1) is 0 Å². The molecule has 0 radical (unpaired) electrons. The summed E-state index contributed by atoms with van der Waals surface area (Å²) in [6.45, 7) is 21.7. The number of rotatable bonds is 34. The third kappa shape index (κ3) is 16.1. The Hall–Kier alpha value is -0.144. The molecule has 0 aliphatic rings. The van der Waals surface area contributed by atoms with Crippen LogP contribution in [0.25, 0.3) is 0 Å². The van der Waals surface area contributed by atoms with Gasteiger partial charge in [0.25, 0.3) is 0 Å². The predicted octanol–water partition coefficient (Wildman–Crippen LogP) is 17.7. The van der Waals surface area contributed by atoms with Gasteiger partial charge >= 0.3 is 385 Å². The molecule has 0 N–H and O–H groups in total. The summed E-state index contributed by atoms with van der Waals surface area (Å²) in [5.41, 5.74) is 4.05. The predicted molar refractivity (Wildman–Crippen MR) is 279 cm³/mol. The van der Waals surface area contributed by atoms with Gasteiger partial charge in [0.05, 0.1) is 0 Å². The topological polar surface area (TPSA) is 3.24 Å². The first-order valence-corrected chi connectivity index (χ1v) is 48.4. The van der Waals surface area contributed by atoms with Crippen molar-refractivity contribution < 1.29 is 0 Å².